The Morgan fingerprint density at radius 2 is 1.44 bits per heavy atom. The first kappa shape index (κ1) is 24.1. The summed E-state index contributed by atoms with van der Waals surface area (Å²) in [6.45, 7) is 3.75. The normalized spacial score (nSPS) is 13.9. The molecule has 25 heavy (non-hydrogen) atoms. The summed E-state index contributed by atoms with van der Waals surface area (Å²) >= 11 is 0. The molecule has 0 bridgehead atoms. The van der Waals surface area contributed by atoms with Crippen LogP contribution in [0.1, 0.15) is 97.3 Å². The van der Waals surface area contributed by atoms with Crippen LogP contribution in [0.15, 0.2) is 12.2 Å². The molecule has 0 spiro atoms. The van der Waals surface area contributed by atoms with Crippen LogP contribution in [-0.4, -0.2) is 34.9 Å². The zero-order valence-corrected chi connectivity index (χ0v) is 16.5. The van der Waals surface area contributed by atoms with Gasteiger partial charge < -0.3 is 15.5 Å². The van der Waals surface area contributed by atoms with Crippen molar-refractivity contribution in [1.82, 2.24) is 5.32 Å². The van der Waals surface area contributed by atoms with Gasteiger partial charge in [-0.3, -0.25) is 4.79 Å². The van der Waals surface area contributed by atoms with E-state index in [1.54, 1.807) is 13.0 Å². The Kier molecular flexibility index (Phi) is 17.3. The van der Waals surface area contributed by atoms with Crippen molar-refractivity contribution in [3.8, 4) is 0 Å². The van der Waals surface area contributed by atoms with Crippen LogP contribution in [-0.2, 0) is 4.79 Å². The first-order valence-corrected chi connectivity index (χ1v) is 10.4. The highest BCUT2D eigenvalue weighted by Crippen LogP contribution is 2.12. The predicted molar refractivity (Wildman–Crippen MR) is 106 cm³/mol. The van der Waals surface area contributed by atoms with Crippen molar-refractivity contribution in [2.75, 3.05) is 6.61 Å². The smallest absolute Gasteiger partial charge is 0.220 e. The predicted octanol–water partition coefficient (Wildman–Crippen LogP) is 4.49. The van der Waals surface area contributed by atoms with E-state index >= 15 is 0 Å². The van der Waals surface area contributed by atoms with Gasteiger partial charge in [0.25, 0.3) is 0 Å². The summed E-state index contributed by atoms with van der Waals surface area (Å²) in [4.78, 5) is 11.3. The fourth-order valence-corrected chi connectivity index (χ4v) is 2.84. The van der Waals surface area contributed by atoms with Gasteiger partial charge in [0.2, 0.25) is 5.91 Å². The summed E-state index contributed by atoms with van der Waals surface area (Å²) in [5, 5.41) is 21.8. The number of aliphatic hydroxyl groups excluding tert-OH is 2. The summed E-state index contributed by atoms with van der Waals surface area (Å²) in [5.74, 6) is -0.156. The molecule has 0 aromatic rings. The molecule has 0 saturated heterocycles. The Labute approximate surface area is 155 Å². The minimum Gasteiger partial charge on any atom is -0.394 e. The van der Waals surface area contributed by atoms with Gasteiger partial charge >= 0.3 is 0 Å². The Morgan fingerprint density at radius 3 is 1.92 bits per heavy atom. The van der Waals surface area contributed by atoms with Crippen molar-refractivity contribution in [2.45, 2.75) is 109 Å². The van der Waals surface area contributed by atoms with Crippen LogP contribution in [0.3, 0.4) is 0 Å². The van der Waals surface area contributed by atoms with Gasteiger partial charge in [0.15, 0.2) is 0 Å². The highest BCUT2D eigenvalue weighted by molar-refractivity contribution is 5.75. The van der Waals surface area contributed by atoms with Crippen molar-refractivity contribution in [1.29, 1.82) is 0 Å². The third-order valence-electron chi connectivity index (χ3n) is 4.58. The molecule has 0 fully saturated rings. The minimum atomic E-state index is -0.826. The number of hydrogen-bond donors (Lipinski definition) is 3. The average Bonchev–Trinajstić information content (AvgIpc) is 2.63. The zero-order valence-electron chi connectivity index (χ0n) is 16.5. The number of nitrogens with one attached hydrogen (secondary N) is 1. The van der Waals surface area contributed by atoms with Gasteiger partial charge in [-0.15, -0.1) is 0 Å². The number of carbonyl (C=O) groups is 1. The van der Waals surface area contributed by atoms with Gasteiger partial charge in [-0.2, -0.15) is 0 Å². The van der Waals surface area contributed by atoms with Crippen molar-refractivity contribution < 1.29 is 15.0 Å². The lowest BCUT2D eigenvalue weighted by Gasteiger charge is -2.19. The van der Waals surface area contributed by atoms with E-state index in [4.69, 9.17) is 0 Å². The van der Waals surface area contributed by atoms with E-state index in [9.17, 15) is 15.0 Å². The molecule has 0 aliphatic heterocycles. The molecule has 148 valence electrons. The lowest BCUT2D eigenvalue weighted by molar-refractivity contribution is -0.122. The highest BCUT2D eigenvalue weighted by Gasteiger charge is 2.17. The Balaban J connectivity index is 3.54. The number of aliphatic hydroxyl groups is 2. The Morgan fingerprint density at radius 1 is 0.920 bits per heavy atom. The van der Waals surface area contributed by atoms with Crippen molar-refractivity contribution in [2.24, 2.45) is 0 Å². The number of unbranched alkanes of at least 4 members (excludes halogenated alkanes) is 11. The quantitative estimate of drug-likeness (QED) is 0.266. The fourth-order valence-electron chi connectivity index (χ4n) is 2.84. The second-order valence-electron chi connectivity index (χ2n) is 6.95. The molecule has 0 radical (unpaired) electrons. The van der Waals surface area contributed by atoms with E-state index in [-0.39, 0.29) is 12.5 Å². The van der Waals surface area contributed by atoms with E-state index in [0.717, 1.165) is 12.8 Å². The van der Waals surface area contributed by atoms with Gasteiger partial charge in [-0.25, -0.2) is 0 Å². The first-order chi connectivity index (χ1) is 12.2. The maximum atomic E-state index is 11.3. The Hall–Kier alpha value is -0.870. The lowest BCUT2D eigenvalue weighted by Crippen LogP contribution is -2.44. The van der Waals surface area contributed by atoms with Crippen LogP contribution in [0.5, 0.6) is 0 Å². The van der Waals surface area contributed by atoms with Crippen LogP contribution in [0.2, 0.25) is 0 Å². The minimum absolute atomic E-state index is 0.156. The summed E-state index contributed by atoms with van der Waals surface area (Å²) in [7, 11) is 0. The maximum Gasteiger partial charge on any atom is 0.220 e. The van der Waals surface area contributed by atoms with Crippen LogP contribution in [0, 0.1) is 0 Å². The van der Waals surface area contributed by atoms with Gasteiger partial charge in [0, 0.05) is 6.42 Å². The summed E-state index contributed by atoms with van der Waals surface area (Å²) < 4.78 is 0. The molecule has 0 aromatic carbocycles. The third-order valence-corrected chi connectivity index (χ3v) is 4.58. The highest BCUT2D eigenvalue weighted by atomic mass is 16.3. The van der Waals surface area contributed by atoms with Crippen LogP contribution in [0.25, 0.3) is 0 Å². The molecule has 0 aliphatic carbocycles. The summed E-state index contributed by atoms with van der Waals surface area (Å²) in [5.41, 5.74) is 0. The fraction of sp³-hybridized carbons (Fsp3) is 0.857. The van der Waals surface area contributed by atoms with E-state index in [1.165, 1.54) is 64.2 Å². The Bertz CT molecular complexity index is 331. The van der Waals surface area contributed by atoms with Gasteiger partial charge in [0.05, 0.1) is 18.8 Å². The second kappa shape index (κ2) is 17.9. The van der Waals surface area contributed by atoms with E-state index < -0.39 is 12.1 Å². The molecule has 1 amide bonds. The monoisotopic (exact) mass is 355 g/mol. The molecule has 0 aliphatic rings. The summed E-state index contributed by atoms with van der Waals surface area (Å²) in [6.07, 6.45) is 18.7. The number of rotatable bonds is 17. The molecule has 0 aromatic heterocycles. The zero-order chi connectivity index (χ0) is 18.8. The third kappa shape index (κ3) is 15.1. The topological polar surface area (TPSA) is 69.6 Å². The van der Waals surface area contributed by atoms with Gasteiger partial charge in [-0.1, -0.05) is 90.2 Å². The van der Waals surface area contributed by atoms with Crippen LogP contribution in [0.4, 0.5) is 0 Å². The van der Waals surface area contributed by atoms with Crippen LogP contribution >= 0.6 is 0 Å². The van der Waals surface area contributed by atoms with Gasteiger partial charge in [-0.05, 0) is 12.8 Å². The van der Waals surface area contributed by atoms with Gasteiger partial charge in [0.1, 0.15) is 0 Å². The van der Waals surface area contributed by atoms with Crippen molar-refractivity contribution in [3.63, 3.8) is 0 Å². The molecular formula is C21H41NO3. The molecule has 0 rings (SSSR count). The molecule has 2 atom stereocenters. The van der Waals surface area contributed by atoms with E-state index in [1.807, 2.05) is 6.08 Å². The number of hydrogen-bond acceptors (Lipinski definition) is 3. The summed E-state index contributed by atoms with van der Waals surface area (Å²) in [6, 6.07) is -0.610. The largest absolute Gasteiger partial charge is 0.394 e. The van der Waals surface area contributed by atoms with E-state index in [2.05, 4.69) is 12.2 Å². The number of carbonyl (C=O) groups excluding carboxylic acids is 1. The maximum absolute atomic E-state index is 11.3. The molecule has 4 nitrogen and oxygen atoms in total. The molecule has 0 heterocycles. The SMILES string of the molecule is CCCCCCCCCCCCC/C=C/[C@@H](O)[C@H](CO)NC(=O)CC. The number of amides is 1. The lowest BCUT2D eigenvalue weighted by atomic mass is 10.0. The standard InChI is InChI=1S/C21H41NO3/c1-3-5-6-7-8-9-10-11-12-13-14-15-16-17-20(24)19(18-23)22-21(25)4-2/h16-17,19-20,23-24H,3-15,18H2,1-2H3,(H,22,25)/b17-16+/t19-,20+/m0/s1. The molecule has 4 heteroatoms. The molecule has 0 unspecified atom stereocenters. The number of allylic oxidation sites excluding steroid dienone is 1. The average molecular weight is 356 g/mol. The second-order valence-corrected chi connectivity index (χ2v) is 6.95. The molecular weight excluding hydrogens is 314 g/mol. The molecule has 3 N–H and O–H groups in total. The molecule has 0 saturated carbocycles. The van der Waals surface area contributed by atoms with Crippen molar-refractivity contribution >= 4 is 5.91 Å². The van der Waals surface area contributed by atoms with Crippen LogP contribution < -0.4 is 5.32 Å². The first-order valence-electron chi connectivity index (χ1n) is 10.4. The van der Waals surface area contributed by atoms with Crippen molar-refractivity contribution in [3.05, 3.63) is 12.2 Å². The van der Waals surface area contributed by atoms with E-state index in [0.29, 0.717) is 6.42 Å².